The average molecular weight is 870 g/mol. The smallest absolute Gasteiger partial charge is 0.166 e. The van der Waals surface area contributed by atoms with Crippen LogP contribution in [0.15, 0.2) is 221 Å². The summed E-state index contributed by atoms with van der Waals surface area (Å²) in [5.41, 5.74) is 12.0. The average Bonchev–Trinajstić information content (AvgIpc) is 4.15. The first kappa shape index (κ1) is 36.9. The fraction of sp³-hybridized carbons (Fsp3) is 0. The minimum Gasteiger partial charge on any atom is -0.456 e. The number of benzene rings is 10. The predicted molar refractivity (Wildman–Crippen MR) is 277 cm³/mol. The van der Waals surface area contributed by atoms with E-state index in [0.717, 1.165) is 116 Å². The number of hydrogen-bond acceptors (Lipinski definition) is 5. The highest BCUT2D eigenvalue weighted by Crippen LogP contribution is 2.44. The Balaban J connectivity index is 1.05. The summed E-state index contributed by atoms with van der Waals surface area (Å²) >= 11 is 0. The first-order valence-electron chi connectivity index (χ1n) is 22.8. The second-order valence-electron chi connectivity index (χ2n) is 17.5. The van der Waals surface area contributed by atoms with Gasteiger partial charge in [-0.15, -0.1) is 0 Å². The number of aromatic nitrogens is 5. The van der Waals surface area contributed by atoms with E-state index in [4.69, 9.17) is 23.8 Å². The normalized spacial score (nSPS) is 12.1. The Bertz CT molecular complexity index is 4570. The van der Waals surface area contributed by atoms with Gasteiger partial charge in [0.15, 0.2) is 23.1 Å². The minimum absolute atomic E-state index is 0.523. The Hall–Kier alpha value is -9.33. The van der Waals surface area contributed by atoms with Crippen molar-refractivity contribution in [3.05, 3.63) is 212 Å². The third kappa shape index (κ3) is 5.38. The number of hydrogen-bond donors (Lipinski definition) is 0. The van der Waals surface area contributed by atoms with E-state index < -0.39 is 0 Å². The molecule has 316 valence electrons. The van der Waals surface area contributed by atoms with Crippen LogP contribution in [0.1, 0.15) is 0 Å². The van der Waals surface area contributed by atoms with Gasteiger partial charge in [0.1, 0.15) is 22.4 Å². The maximum Gasteiger partial charge on any atom is 0.166 e. The minimum atomic E-state index is 0.523. The van der Waals surface area contributed by atoms with Crippen LogP contribution in [0.3, 0.4) is 0 Å². The van der Waals surface area contributed by atoms with Gasteiger partial charge in [0.05, 0.1) is 22.1 Å². The van der Waals surface area contributed by atoms with Gasteiger partial charge in [-0.25, -0.2) is 15.0 Å². The van der Waals surface area contributed by atoms with Crippen LogP contribution in [-0.2, 0) is 0 Å². The van der Waals surface area contributed by atoms with Crippen molar-refractivity contribution in [1.29, 1.82) is 0 Å². The summed E-state index contributed by atoms with van der Waals surface area (Å²) in [6.07, 6.45) is 0. The lowest BCUT2D eigenvalue weighted by atomic mass is 10.0. The molecule has 15 aromatic rings. The Morgan fingerprint density at radius 1 is 0.309 bits per heavy atom. The van der Waals surface area contributed by atoms with E-state index in [0.29, 0.717) is 17.5 Å². The van der Waals surface area contributed by atoms with Crippen molar-refractivity contribution in [2.24, 2.45) is 0 Å². The molecule has 10 aromatic carbocycles. The molecule has 0 atom stereocenters. The van der Waals surface area contributed by atoms with Crippen LogP contribution in [0.4, 0.5) is 0 Å². The van der Waals surface area contributed by atoms with Gasteiger partial charge in [-0.3, -0.25) is 0 Å². The van der Waals surface area contributed by atoms with E-state index in [1.165, 1.54) is 10.8 Å². The molecule has 68 heavy (non-hydrogen) atoms. The molecule has 0 aliphatic carbocycles. The predicted octanol–water partition coefficient (Wildman–Crippen LogP) is 16.0. The SMILES string of the molecule is c1ccc(-n2c3ccccc3c3ccc(-c4nc(-c5ccc6oc7ccccc7c6c5)nc(-c5ccc6c(oc7ccccc76)c5-n5c6ccccc6c6cc7ccccc7cc65)n4)cc32)cc1. The van der Waals surface area contributed by atoms with Crippen molar-refractivity contribution in [2.75, 3.05) is 0 Å². The van der Waals surface area contributed by atoms with Crippen molar-refractivity contribution in [3.8, 4) is 45.5 Å². The largest absolute Gasteiger partial charge is 0.456 e. The fourth-order valence-corrected chi connectivity index (χ4v) is 10.7. The molecule has 15 rings (SSSR count). The first-order valence-corrected chi connectivity index (χ1v) is 22.8. The molecule has 0 spiro atoms. The van der Waals surface area contributed by atoms with Gasteiger partial charge in [-0.2, -0.15) is 0 Å². The monoisotopic (exact) mass is 869 g/mol. The zero-order valence-corrected chi connectivity index (χ0v) is 36.3. The Morgan fingerprint density at radius 2 is 0.838 bits per heavy atom. The molecule has 5 aromatic heterocycles. The topological polar surface area (TPSA) is 74.8 Å². The van der Waals surface area contributed by atoms with Crippen LogP contribution in [0.2, 0.25) is 0 Å². The molecule has 0 amide bonds. The van der Waals surface area contributed by atoms with Gasteiger partial charge in [0.25, 0.3) is 0 Å². The van der Waals surface area contributed by atoms with Crippen LogP contribution < -0.4 is 0 Å². The third-order valence-corrected chi connectivity index (χ3v) is 13.7. The summed E-state index contributed by atoms with van der Waals surface area (Å²) in [6, 6.07) is 74.4. The molecule has 0 fully saturated rings. The van der Waals surface area contributed by atoms with Crippen LogP contribution in [0.5, 0.6) is 0 Å². The summed E-state index contributed by atoms with van der Waals surface area (Å²) < 4.78 is 18.0. The van der Waals surface area contributed by atoms with Gasteiger partial charge in [-0.1, -0.05) is 127 Å². The standard InChI is InChI=1S/C61H35N5O2/c1-2-16-40(17-3-1)65-50-22-10-6-18-41(50)43-28-26-39(35-52(43)65)60-62-59(38-27-31-56-49(33-38)45-21-9-12-24-54(45)67-56)63-61(64-60)47-30-29-46-44-20-8-13-25-55(44)68-58(46)57(47)66-51-23-11-7-19-42(51)48-32-36-14-4-5-15-37(36)34-53(48)66/h1-35H. The summed E-state index contributed by atoms with van der Waals surface area (Å²) in [6.45, 7) is 0. The van der Waals surface area contributed by atoms with E-state index >= 15 is 0 Å². The van der Waals surface area contributed by atoms with Gasteiger partial charge in [0.2, 0.25) is 0 Å². The maximum atomic E-state index is 6.99. The third-order valence-electron chi connectivity index (χ3n) is 13.7. The number of furan rings is 2. The summed E-state index contributed by atoms with van der Waals surface area (Å²) in [4.78, 5) is 16.3. The van der Waals surface area contributed by atoms with Crippen LogP contribution in [0, 0.1) is 0 Å². The number of nitrogens with zero attached hydrogens (tertiary/aromatic N) is 5. The molecule has 7 nitrogen and oxygen atoms in total. The summed E-state index contributed by atoms with van der Waals surface area (Å²) in [7, 11) is 0. The van der Waals surface area contributed by atoms with Crippen LogP contribution in [-0.4, -0.2) is 24.1 Å². The highest BCUT2D eigenvalue weighted by atomic mass is 16.3. The van der Waals surface area contributed by atoms with Crippen LogP contribution in [0.25, 0.3) is 144 Å². The molecule has 0 N–H and O–H groups in total. The Morgan fingerprint density at radius 3 is 1.62 bits per heavy atom. The van der Waals surface area contributed by atoms with Gasteiger partial charge >= 0.3 is 0 Å². The van der Waals surface area contributed by atoms with Gasteiger partial charge in [0, 0.05) is 65.5 Å². The molecular formula is C61H35N5O2. The van der Waals surface area contributed by atoms with E-state index in [1.54, 1.807) is 0 Å². The lowest BCUT2D eigenvalue weighted by Crippen LogP contribution is -2.04. The van der Waals surface area contributed by atoms with E-state index in [1.807, 2.05) is 42.5 Å². The van der Waals surface area contributed by atoms with Gasteiger partial charge < -0.3 is 18.0 Å². The lowest BCUT2D eigenvalue weighted by Gasteiger charge is -2.15. The van der Waals surface area contributed by atoms with Crippen molar-refractivity contribution >= 4 is 98.3 Å². The van der Waals surface area contributed by atoms with E-state index in [9.17, 15) is 0 Å². The number of fused-ring (bicyclic) bond motifs is 13. The highest BCUT2D eigenvalue weighted by molar-refractivity contribution is 6.17. The molecule has 0 aliphatic heterocycles. The Labute approximate surface area is 387 Å². The molecular weight excluding hydrogens is 835 g/mol. The van der Waals surface area contributed by atoms with Crippen molar-refractivity contribution in [1.82, 2.24) is 24.1 Å². The first-order chi connectivity index (χ1) is 33.7. The number of para-hydroxylation sites is 5. The summed E-state index contributed by atoms with van der Waals surface area (Å²) in [5.74, 6) is 1.62. The second kappa shape index (κ2) is 14.1. The highest BCUT2D eigenvalue weighted by Gasteiger charge is 2.25. The van der Waals surface area contributed by atoms with Crippen molar-refractivity contribution < 1.29 is 8.83 Å². The molecule has 0 saturated heterocycles. The quantitative estimate of drug-likeness (QED) is 0.172. The molecule has 0 bridgehead atoms. The molecule has 0 saturated carbocycles. The number of rotatable bonds is 5. The van der Waals surface area contributed by atoms with Gasteiger partial charge in [-0.05, 0) is 95.7 Å². The maximum absolute atomic E-state index is 6.99. The fourth-order valence-electron chi connectivity index (χ4n) is 10.7. The summed E-state index contributed by atoms with van der Waals surface area (Å²) in [5, 5.41) is 11.0. The Kier molecular flexibility index (Phi) is 7.65. The lowest BCUT2D eigenvalue weighted by molar-refractivity contribution is 0.666. The molecule has 7 heteroatoms. The molecule has 0 aliphatic rings. The van der Waals surface area contributed by atoms with E-state index in [-0.39, 0.29) is 0 Å². The molecule has 5 heterocycles. The molecule has 0 radical (unpaired) electrons. The van der Waals surface area contributed by atoms with Crippen molar-refractivity contribution in [2.45, 2.75) is 0 Å². The molecule has 0 unspecified atom stereocenters. The zero-order valence-electron chi connectivity index (χ0n) is 36.3. The van der Waals surface area contributed by atoms with E-state index in [2.05, 4.69) is 179 Å². The zero-order chi connectivity index (χ0) is 44.5. The van der Waals surface area contributed by atoms with Crippen LogP contribution >= 0.6 is 0 Å². The second-order valence-corrected chi connectivity index (χ2v) is 17.5. The van der Waals surface area contributed by atoms with Crippen molar-refractivity contribution in [3.63, 3.8) is 0 Å².